The van der Waals surface area contributed by atoms with Gasteiger partial charge in [0.25, 0.3) is 5.91 Å². The molecule has 6 nitrogen and oxygen atoms in total. The third kappa shape index (κ3) is 3.19. The van der Waals surface area contributed by atoms with Gasteiger partial charge in [0.15, 0.2) is 0 Å². The van der Waals surface area contributed by atoms with Crippen molar-refractivity contribution in [2.24, 2.45) is 7.05 Å². The van der Waals surface area contributed by atoms with E-state index in [0.29, 0.717) is 12.1 Å². The molecule has 96 valence electrons. The van der Waals surface area contributed by atoms with E-state index in [1.165, 1.54) is 0 Å². The molecule has 18 heavy (non-hydrogen) atoms. The van der Waals surface area contributed by atoms with E-state index in [1.54, 1.807) is 24.1 Å². The molecule has 0 aliphatic rings. The van der Waals surface area contributed by atoms with Crippen molar-refractivity contribution in [2.45, 2.75) is 19.9 Å². The quantitative estimate of drug-likeness (QED) is 0.793. The summed E-state index contributed by atoms with van der Waals surface area (Å²) in [5, 5.41) is 11.1. The van der Waals surface area contributed by atoms with E-state index in [-0.39, 0.29) is 5.91 Å². The van der Waals surface area contributed by atoms with Crippen molar-refractivity contribution in [2.75, 3.05) is 6.54 Å². The van der Waals surface area contributed by atoms with E-state index in [9.17, 15) is 4.79 Å². The van der Waals surface area contributed by atoms with Crippen LogP contribution in [0.5, 0.6) is 0 Å². The Balaban J connectivity index is 1.71. The number of carbonyl (C=O) groups is 1. The summed E-state index contributed by atoms with van der Waals surface area (Å²) in [5.74, 6) is -0.0836. The van der Waals surface area contributed by atoms with Crippen LogP contribution in [-0.4, -0.2) is 32.0 Å². The van der Waals surface area contributed by atoms with Crippen molar-refractivity contribution < 1.29 is 4.79 Å². The zero-order valence-electron chi connectivity index (χ0n) is 10.6. The van der Waals surface area contributed by atoms with Gasteiger partial charge in [-0.3, -0.25) is 14.2 Å². The molecule has 0 spiro atoms. The normalized spacial score (nSPS) is 10.6. The number of rotatable bonds is 5. The third-order valence-corrected chi connectivity index (χ3v) is 2.59. The van der Waals surface area contributed by atoms with Gasteiger partial charge in [-0.25, -0.2) is 0 Å². The van der Waals surface area contributed by atoms with Crippen molar-refractivity contribution in [1.82, 2.24) is 24.9 Å². The van der Waals surface area contributed by atoms with Crippen LogP contribution in [-0.2, 0) is 13.6 Å². The minimum Gasteiger partial charge on any atom is -0.352 e. The summed E-state index contributed by atoms with van der Waals surface area (Å²) < 4.78 is 3.49. The second kappa shape index (κ2) is 5.48. The first-order valence-corrected chi connectivity index (χ1v) is 5.92. The number of nitrogens with zero attached hydrogens (tertiary/aromatic N) is 4. The Morgan fingerprint density at radius 2 is 2.33 bits per heavy atom. The Morgan fingerprint density at radius 1 is 1.50 bits per heavy atom. The summed E-state index contributed by atoms with van der Waals surface area (Å²) in [7, 11) is 1.79. The van der Waals surface area contributed by atoms with Crippen molar-refractivity contribution in [1.29, 1.82) is 0 Å². The predicted molar refractivity (Wildman–Crippen MR) is 67.1 cm³/mol. The van der Waals surface area contributed by atoms with Crippen LogP contribution >= 0.6 is 0 Å². The third-order valence-electron chi connectivity index (χ3n) is 2.59. The maximum Gasteiger partial charge on any atom is 0.254 e. The van der Waals surface area contributed by atoms with Crippen molar-refractivity contribution in [3.05, 3.63) is 35.9 Å². The Kier molecular flexibility index (Phi) is 3.76. The maximum atomic E-state index is 11.7. The lowest BCUT2D eigenvalue weighted by Crippen LogP contribution is -2.25. The molecular weight excluding hydrogens is 230 g/mol. The minimum atomic E-state index is -0.0836. The molecule has 2 rings (SSSR count). The van der Waals surface area contributed by atoms with Crippen LogP contribution in [0.25, 0.3) is 0 Å². The number of hydrogen-bond donors (Lipinski definition) is 1. The second-order valence-electron chi connectivity index (χ2n) is 4.23. The summed E-state index contributed by atoms with van der Waals surface area (Å²) >= 11 is 0. The maximum absolute atomic E-state index is 11.7. The highest BCUT2D eigenvalue weighted by molar-refractivity contribution is 5.93. The number of aryl methyl sites for hydroxylation is 3. The van der Waals surface area contributed by atoms with Gasteiger partial charge in [0.05, 0.1) is 17.5 Å². The highest BCUT2D eigenvalue weighted by Crippen LogP contribution is 1.97. The summed E-state index contributed by atoms with van der Waals surface area (Å²) in [4.78, 5) is 11.7. The molecule has 0 aliphatic heterocycles. The largest absolute Gasteiger partial charge is 0.352 e. The smallest absolute Gasteiger partial charge is 0.254 e. The fraction of sp³-hybridized carbons (Fsp3) is 0.417. The standard InChI is InChI=1S/C12H17N5O/c1-10-4-7-17(15-10)6-3-5-13-12(18)11-8-14-16(2)9-11/h4,7-9H,3,5-6H2,1-2H3,(H,13,18). The van der Waals surface area contributed by atoms with Gasteiger partial charge in [-0.15, -0.1) is 0 Å². The van der Waals surface area contributed by atoms with Crippen LogP contribution in [0.1, 0.15) is 22.5 Å². The molecule has 0 bridgehead atoms. The first-order chi connectivity index (χ1) is 8.65. The molecule has 0 aliphatic carbocycles. The van der Waals surface area contributed by atoms with E-state index in [2.05, 4.69) is 15.5 Å². The first kappa shape index (κ1) is 12.3. The van der Waals surface area contributed by atoms with Crippen LogP contribution in [0.15, 0.2) is 24.7 Å². The zero-order chi connectivity index (χ0) is 13.0. The van der Waals surface area contributed by atoms with E-state index >= 15 is 0 Å². The molecule has 0 radical (unpaired) electrons. The zero-order valence-corrected chi connectivity index (χ0v) is 10.6. The topological polar surface area (TPSA) is 64.7 Å². The molecule has 0 fully saturated rings. The van der Waals surface area contributed by atoms with Crippen LogP contribution in [0.3, 0.4) is 0 Å². The number of carbonyl (C=O) groups excluding carboxylic acids is 1. The van der Waals surface area contributed by atoms with Gasteiger partial charge >= 0.3 is 0 Å². The average Bonchev–Trinajstić information content (AvgIpc) is 2.93. The average molecular weight is 247 g/mol. The monoisotopic (exact) mass is 247 g/mol. The van der Waals surface area contributed by atoms with Gasteiger partial charge in [-0.2, -0.15) is 10.2 Å². The molecule has 1 N–H and O–H groups in total. The number of aromatic nitrogens is 4. The van der Waals surface area contributed by atoms with Gasteiger partial charge in [0.2, 0.25) is 0 Å². The number of nitrogens with one attached hydrogen (secondary N) is 1. The SMILES string of the molecule is Cc1ccn(CCCNC(=O)c2cnn(C)c2)n1. The number of hydrogen-bond acceptors (Lipinski definition) is 3. The highest BCUT2D eigenvalue weighted by atomic mass is 16.1. The van der Waals surface area contributed by atoms with E-state index in [4.69, 9.17) is 0 Å². The first-order valence-electron chi connectivity index (χ1n) is 5.92. The Hall–Kier alpha value is -2.11. The lowest BCUT2D eigenvalue weighted by molar-refractivity contribution is 0.0952. The predicted octanol–water partition coefficient (Wildman–Crippen LogP) is 0.745. The molecule has 6 heteroatoms. The summed E-state index contributed by atoms with van der Waals surface area (Å²) in [6, 6.07) is 1.97. The summed E-state index contributed by atoms with van der Waals surface area (Å²) in [6.07, 6.45) is 6.06. The Labute approximate surface area is 106 Å². The van der Waals surface area contributed by atoms with Gasteiger partial charge in [-0.1, -0.05) is 0 Å². The highest BCUT2D eigenvalue weighted by Gasteiger charge is 2.06. The molecule has 2 aromatic heterocycles. The van der Waals surface area contributed by atoms with Crippen molar-refractivity contribution in [3.8, 4) is 0 Å². The van der Waals surface area contributed by atoms with Crippen LogP contribution in [0.4, 0.5) is 0 Å². The molecule has 0 unspecified atom stereocenters. The molecule has 2 aromatic rings. The van der Waals surface area contributed by atoms with Gasteiger partial charge in [-0.05, 0) is 19.4 Å². The van der Waals surface area contributed by atoms with E-state index in [0.717, 1.165) is 18.7 Å². The lowest BCUT2D eigenvalue weighted by atomic mass is 10.3. The van der Waals surface area contributed by atoms with Crippen LogP contribution in [0, 0.1) is 6.92 Å². The minimum absolute atomic E-state index is 0.0836. The van der Waals surface area contributed by atoms with E-state index < -0.39 is 0 Å². The van der Waals surface area contributed by atoms with Crippen molar-refractivity contribution in [3.63, 3.8) is 0 Å². The summed E-state index contributed by atoms with van der Waals surface area (Å²) in [6.45, 7) is 3.40. The Bertz CT molecular complexity index is 528. The molecule has 2 heterocycles. The molecular formula is C12H17N5O. The molecule has 0 saturated heterocycles. The fourth-order valence-corrected chi connectivity index (χ4v) is 1.67. The molecule has 1 amide bonds. The van der Waals surface area contributed by atoms with Gasteiger partial charge < -0.3 is 5.32 Å². The molecule has 0 aromatic carbocycles. The molecule has 0 atom stereocenters. The molecule has 0 saturated carbocycles. The number of amides is 1. The van der Waals surface area contributed by atoms with Crippen LogP contribution < -0.4 is 5.32 Å². The van der Waals surface area contributed by atoms with Crippen molar-refractivity contribution >= 4 is 5.91 Å². The lowest BCUT2D eigenvalue weighted by Gasteiger charge is -2.03. The van der Waals surface area contributed by atoms with Gasteiger partial charge in [0, 0.05) is 32.5 Å². The Morgan fingerprint density at radius 3 is 2.94 bits per heavy atom. The summed E-state index contributed by atoms with van der Waals surface area (Å²) in [5.41, 5.74) is 1.60. The fourth-order valence-electron chi connectivity index (χ4n) is 1.67. The second-order valence-corrected chi connectivity index (χ2v) is 4.23. The van der Waals surface area contributed by atoms with Crippen LogP contribution in [0.2, 0.25) is 0 Å². The van der Waals surface area contributed by atoms with Gasteiger partial charge in [0.1, 0.15) is 0 Å². The van der Waals surface area contributed by atoms with E-state index in [1.807, 2.05) is 23.9 Å².